The molecule has 0 spiro atoms. The largest absolute Gasteiger partial charge is 0.349 e. The molecule has 1 amide bonds. The summed E-state index contributed by atoms with van der Waals surface area (Å²) in [5.74, 6) is 0.559. The molecule has 2 N–H and O–H groups in total. The number of hydrogen-bond acceptors (Lipinski definition) is 6. The van der Waals surface area contributed by atoms with Gasteiger partial charge in [-0.3, -0.25) is 28.7 Å². The van der Waals surface area contributed by atoms with Crippen molar-refractivity contribution in [2.45, 2.75) is 25.1 Å². The highest BCUT2D eigenvalue weighted by Crippen LogP contribution is 2.20. The molecular weight excluding hydrogens is 454 g/mol. The van der Waals surface area contributed by atoms with Crippen molar-refractivity contribution in [3.63, 3.8) is 0 Å². The first-order valence-corrected chi connectivity index (χ1v) is 12.0. The summed E-state index contributed by atoms with van der Waals surface area (Å²) in [6, 6.07) is 15.2. The number of H-pyrrole nitrogens is 1. The fraction of sp³-hybridized carbons (Fsp3) is 0.240. The van der Waals surface area contributed by atoms with Crippen molar-refractivity contribution in [3.05, 3.63) is 103 Å². The number of ketones is 2. The van der Waals surface area contributed by atoms with Gasteiger partial charge in [0.1, 0.15) is 0 Å². The van der Waals surface area contributed by atoms with Crippen LogP contribution in [0, 0.1) is 0 Å². The number of amides is 1. The molecule has 1 aliphatic heterocycles. The number of nitrogens with zero attached hydrogens (tertiary/aromatic N) is 1. The molecule has 0 unspecified atom stereocenters. The summed E-state index contributed by atoms with van der Waals surface area (Å²) in [6.07, 6.45) is 0.603. The second kappa shape index (κ2) is 10.5. The van der Waals surface area contributed by atoms with Gasteiger partial charge in [0, 0.05) is 46.7 Å². The average molecular weight is 478 g/mol. The SMILES string of the molecule is O=C(CCn1c2c(c(=O)[nH]c1=O)CSCC2)NCC(=O)c1ccc(C(=O)c2ccccc2)cc1. The molecule has 4 rings (SSSR count). The third-order valence-corrected chi connectivity index (χ3v) is 6.64. The van der Waals surface area contributed by atoms with Crippen LogP contribution in [-0.2, 0) is 23.5 Å². The number of thioether (sulfide) groups is 1. The van der Waals surface area contributed by atoms with E-state index in [1.165, 1.54) is 4.57 Å². The van der Waals surface area contributed by atoms with E-state index in [4.69, 9.17) is 0 Å². The van der Waals surface area contributed by atoms with Gasteiger partial charge in [-0.2, -0.15) is 11.8 Å². The van der Waals surface area contributed by atoms with Gasteiger partial charge in [-0.1, -0.05) is 54.6 Å². The molecule has 0 saturated carbocycles. The number of carbonyl (C=O) groups excluding carboxylic acids is 3. The number of hydrogen-bond donors (Lipinski definition) is 2. The monoisotopic (exact) mass is 477 g/mol. The first-order chi connectivity index (χ1) is 16.4. The summed E-state index contributed by atoms with van der Waals surface area (Å²) in [5, 5.41) is 2.58. The Morgan fingerprint density at radius 2 is 1.62 bits per heavy atom. The summed E-state index contributed by atoms with van der Waals surface area (Å²) < 4.78 is 1.44. The van der Waals surface area contributed by atoms with E-state index in [0.29, 0.717) is 40.1 Å². The van der Waals surface area contributed by atoms with Crippen LogP contribution in [0.4, 0.5) is 0 Å². The van der Waals surface area contributed by atoms with Gasteiger partial charge in [0.15, 0.2) is 11.6 Å². The molecule has 3 aromatic rings. The minimum Gasteiger partial charge on any atom is -0.349 e. The van der Waals surface area contributed by atoms with Crippen molar-refractivity contribution in [2.24, 2.45) is 0 Å². The lowest BCUT2D eigenvalue weighted by molar-refractivity contribution is -0.121. The molecule has 0 fully saturated rings. The van der Waals surface area contributed by atoms with Crippen molar-refractivity contribution >= 4 is 29.2 Å². The Morgan fingerprint density at radius 1 is 0.941 bits per heavy atom. The molecular formula is C25H23N3O5S. The van der Waals surface area contributed by atoms with E-state index < -0.39 is 5.69 Å². The molecule has 34 heavy (non-hydrogen) atoms. The number of nitrogens with one attached hydrogen (secondary N) is 2. The molecule has 8 nitrogen and oxygen atoms in total. The zero-order chi connectivity index (χ0) is 24.1. The van der Waals surface area contributed by atoms with E-state index in [2.05, 4.69) is 10.3 Å². The van der Waals surface area contributed by atoms with Gasteiger partial charge in [0.2, 0.25) is 5.91 Å². The van der Waals surface area contributed by atoms with Crippen LogP contribution in [0.2, 0.25) is 0 Å². The Balaban J connectivity index is 1.32. The quantitative estimate of drug-likeness (QED) is 0.479. The van der Waals surface area contributed by atoms with Crippen molar-refractivity contribution < 1.29 is 14.4 Å². The molecule has 2 aromatic carbocycles. The zero-order valence-electron chi connectivity index (χ0n) is 18.3. The molecule has 0 bridgehead atoms. The molecule has 0 radical (unpaired) electrons. The molecule has 1 aromatic heterocycles. The van der Waals surface area contributed by atoms with Gasteiger partial charge >= 0.3 is 5.69 Å². The fourth-order valence-corrected chi connectivity index (χ4v) is 4.80. The van der Waals surface area contributed by atoms with Crippen LogP contribution in [0.5, 0.6) is 0 Å². The highest BCUT2D eigenvalue weighted by molar-refractivity contribution is 7.98. The van der Waals surface area contributed by atoms with Crippen molar-refractivity contribution in [2.75, 3.05) is 12.3 Å². The standard InChI is InChI=1S/C25H23N3O5S/c29-21(16-6-8-18(9-7-16)23(31)17-4-2-1-3-5-17)14-26-22(30)10-12-28-20-11-13-34-15-19(20)24(32)27-25(28)33/h1-9H,10-15H2,(H,26,30)(H,27,32,33). The van der Waals surface area contributed by atoms with Crippen LogP contribution < -0.4 is 16.6 Å². The summed E-state index contributed by atoms with van der Waals surface area (Å²) in [4.78, 5) is 63.8. The van der Waals surface area contributed by atoms with E-state index in [1.807, 2.05) is 6.07 Å². The third-order valence-electron chi connectivity index (χ3n) is 5.66. The zero-order valence-corrected chi connectivity index (χ0v) is 19.2. The number of rotatable bonds is 8. The van der Waals surface area contributed by atoms with Crippen molar-refractivity contribution in [3.8, 4) is 0 Å². The predicted molar refractivity (Wildman–Crippen MR) is 129 cm³/mol. The number of carbonyl (C=O) groups is 3. The van der Waals surface area contributed by atoms with Gasteiger partial charge < -0.3 is 5.32 Å². The molecule has 0 aliphatic carbocycles. The first kappa shape index (κ1) is 23.4. The maximum Gasteiger partial charge on any atom is 0.328 e. The highest BCUT2D eigenvalue weighted by Gasteiger charge is 2.19. The van der Waals surface area contributed by atoms with Crippen molar-refractivity contribution in [1.82, 2.24) is 14.9 Å². The molecule has 0 saturated heterocycles. The number of aromatic amines is 1. The van der Waals surface area contributed by atoms with Crippen LogP contribution in [-0.4, -0.2) is 39.3 Å². The second-order valence-corrected chi connectivity index (χ2v) is 8.97. The van der Waals surface area contributed by atoms with E-state index >= 15 is 0 Å². The van der Waals surface area contributed by atoms with Gasteiger partial charge in [0.25, 0.3) is 5.56 Å². The number of aromatic nitrogens is 2. The van der Waals surface area contributed by atoms with E-state index in [1.54, 1.807) is 60.3 Å². The number of benzene rings is 2. The maximum absolute atomic E-state index is 12.5. The van der Waals surface area contributed by atoms with Gasteiger partial charge in [-0.15, -0.1) is 0 Å². The summed E-state index contributed by atoms with van der Waals surface area (Å²) in [6.45, 7) is -0.0704. The third kappa shape index (κ3) is 5.26. The fourth-order valence-electron chi connectivity index (χ4n) is 3.82. The summed E-state index contributed by atoms with van der Waals surface area (Å²) >= 11 is 1.63. The lowest BCUT2D eigenvalue weighted by Crippen LogP contribution is -2.38. The van der Waals surface area contributed by atoms with E-state index in [-0.39, 0.29) is 42.5 Å². The lowest BCUT2D eigenvalue weighted by Gasteiger charge is -2.19. The smallest absolute Gasteiger partial charge is 0.328 e. The highest BCUT2D eigenvalue weighted by atomic mass is 32.2. The summed E-state index contributed by atoms with van der Waals surface area (Å²) in [5.41, 5.74) is 1.80. The predicted octanol–water partition coefficient (Wildman–Crippen LogP) is 1.95. The normalized spacial score (nSPS) is 12.6. The van der Waals surface area contributed by atoms with Crippen molar-refractivity contribution in [1.29, 1.82) is 0 Å². The summed E-state index contributed by atoms with van der Waals surface area (Å²) in [7, 11) is 0. The molecule has 0 atom stereocenters. The van der Waals surface area contributed by atoms with Crippen LogP contribution in [0.25, 0.3) is 0 Å². The Hall–Kier alpha value is -3.72. The minimum atomic E-state index is -0.523. The van der Waals surface area contributed by atoms with Crippen LogP contribution in [0.1, 0.15) is 44.0 Å². The van der Waals surface area contributed by atoms with Crippen LogP contribution >= 0.6 is 11.8 Å². The van der Waals surface area contributed by atoms with Crippen LogP contribution in [0.3, 0.4) is 0 Å². The van der Waals surface area contributed by atoms with E-state index in [0.717, 1.165) is 5.75 Å². The topological polar surface area (TPSA) is 118 Å². The second-order valence-electron chi connectivity index (χ2n) is 7.86. The molecule has 9 heteroatoms. The Morgan fingerprint density at radius 3 is 2.35 bits per heavy atom. The number of fused-ring (bicyclic) bond motifs is 1. The first-order valence-electron chi connectivity index (χ1n) is 10.9. The van der Waals surface area contributed by atoms with Gasteiger partial charge in [-0.25, -0.2) is 4.79 Å². The Labute approximate surface area is 199 Å². The lowest BCUT2D eigenvalue weighted by atomic mass is 10.0. The maximum atomic E-state index is 12.5. The van der Waals surface area contributed by atoms with Gasteiger partial charge in [0.05, 0.1) is 6.54 Å². The molecule has 1 aliphatic rings. The minimum absolute atomic E-state index is 0.00330. The Bertz CT molecular complexity index is 1340. The number of Topliss-reactive ketones (excluding diaryl/α,β-unsaturated/α-hetero) is 1. The van der Waals surface area contributed by atoms with Crippen LogP contribution in [0.15, 0.2) is 64.2 Å². The average Bonchev–Trinajstić information content (AvgIpc) is 2.87. The van der Waals surface area contributed by atoms with E-state index in [9.17, 15) is 24.0 Å². The van der Waals surface area contributed by atoms with Gasteiger partial charge in [-0.05, 0) is 12.2 Å². The molecule has 174 valence electrons. The molecule has 2 heterocycles. The Kier molecular flexibility index (Phi) is 7.22.